The molecule has 0 aliphatic carbocycles. The minimum absolute atomic E-state index is 0.150. The molecule has 1 atom stereocenters. The number of morpholine rings is 1. The van der Waals surface area contributed by atoms with Crippen LogP contribution in [0.1, 0.15) is 37.0 Å². The van der Waals surface area contributed by atoms with Crippen molar-refractivity contribution in [3.63, 3.8) is 0 Å². The highest BCUT2D eigenvalue weighted by molar-refractivity contribution is 5.99. The van der Waals surface area contributed by atoms with Gasteiger partial charge in [0.05, 0.1) is 24.9 Å². The summed E-state index contributed by atoms with van der Waals surface area (Å²) in [5.41, 5.74) is 1.00. The van der Waals surface area contributed by atoms with Crippen LogP contribution >= 0.6 is 0 Å². The van der Waals surface area contributed by atoms with Gasteiger partial charge in [-0.3, -0.25) is 4.79 Å². The molecule has 1 aromatic carbocycles. The molecule has 0 radical (unpaired) electrons. The lowest BCUT2D eigenvalue weighted by molar-refractivity contribution is 0.0816. The zero-order valence-corrected chi connectivity index (χ0v) is 14.4. The average molecular weight is 338 g/mol. The fraction of sp³-hybridized carbons (Fsp3) is 0.611. The predicted molar refractivity (Wildman–Crippen MR) is 91.8 cm³/mol. The Morgan fingerprint density at radius 1 is 1.33 bits per heavy atom. The Kier molecular flexibility index (Phi) is 6.99. The van der Waals surface area contributed by atoms with Gasteiger partial charge in [0.2, 0.25) is 0 Å². The second-order valence-electron chi connectivity index (χ2n) is 6.11. The van der Waals surface area contributed by atoms with Crippen LogP contribution in [0, 0.1) is 11.7 Å². The molecule has 1 aliphatic heterocycles. The van der Waals surface area contributed by atoms with Crippen LogP contribution in [-0.4, -0.2) is 50.0 Å². The highest BCUT2D eigenvalue weighted by atomic mass is 19.1. The zero-order valence-electron chi connectivity index (χ0n) is 14.4. The van der Waals surface area contributed by atoms with Gasteiger partial charge in [0.1, 0.15) is 5.82 Å². The van der Waals surface area contributed by atoms with Gasteiger partial charge in [0, 0.05) is 25.3 Å². The van der Waals surface area contributed by atoms with Crippen LogP contribution in [0.25, 0.3) is 0 Å². The van der Waals surface area contributed by atoms with Gasteiger partial charge in [0.25, 0.3) is 5.91 Å². The number of hydrogen-bond donors (Lipinski definition) is 2. The van der Waals surface area contributed by atoms with Crippen molar-refractivity contribution in [2.24, 2.45) is 5.92 Å². The normalized spacial score (nSPS) is 16.3. The fourth-order valence-corrected chi connectivity index (χ4v) is 3.06. The van der Waals surface area contributed by atoms with Gasteiger partial charge in [-0.15, -0.1) is 0 Å². The molecule has 1 fully saturated rings. The summed E-state index contributed by atoms with van der Waals surface area (Å²) in [6, 6.07) is 4.25. The smallest absolute Gasteiger partial charge is 0.253 e. The van der Waals surface area contributed by atoms with E-state index in [4.69, 9.17) is 4.74 Å². The number of benzene rings is 1. The van der Waals surface area contributed by atoms with Crippen LogP contribution in [0.5, 0.6) is 0 Å². The van der Waals surface area contributed by atoms with Crippen LogP contribution in [0.3, 0.4) is 0 Å². The summed E-state index contributed by atoms with van der Waals surface area (Å²) in [6.07, 6.45) is 1.11. The molecule has 1 heterocycles. The SMILES string of the molecule is CCC(CC)[C@H](O)CNC(=O)c1cc(F)ccc1N1CCOCC1. The van der Waals surface area contributed by atoms with Crippen molar-refractivity contribution in [3.05, 3.63) is 29.6 Å². The Morgan fingerprint density at radius 3 is 2.62 bits per heavy atom. The van der Waals surface area contributed by atoms with E-state index in [9.17, 15) is 14.3 Å². The standard InChI is InChI=1S/C18H27FN2O3/c1-3-13(4-2)17(22)12-20-18(23)15-11-14(19)5-6-16(15)21-7-9-24-10-8-21/h5-6,11,13,17,22H,3-4,7-10,12H2,1-2H3,(H,20,23)/t17-/m1/s1. The first kappa shape index (κ1) is 18.7. The van der Waals surface area contributed by atoms with Crippen LogP contribution in [-0.2, 0) is 4.74 Å². The summed E-state index contributed by atoms with van der Waals surface area (Å²) in [4.78, 5) is 14.5. The van der Waals surface area contributed by atoms with E-state index in [1.54, 1.807) is 6.07 Å². The first-order valence-corrected chi connectivity index (χ1v) is 8.65. The minimum atomic E-state index is -0.593. The number of aliphatic hydroxyl groups excluding tert-OH is 1. The molecule has 0 spiro atoms. The highest BCUT2D eigenvalue weighted by Crippen LogP contribution is 2.23. The molecule has 0 saturated carbocycles. The zero-order chi connectivity index (χ0) is 17.5. The molecule has 1 amide bonds. The van der Waals surface area contributed by atoms with Gasteiger partial charge in [-0.25, -0.2) is 4.39 Å². The van der Waals surface area contributed by atoms with Crippen molar-refractivity contribution in [1.29, 1.82) is 0 Å². The Labute approximate surface area is 142 Å². The van der Waals surface area contributed by atoms with Crippen molar-refractivity contribution in [3.8, 4) is 0 Å². The number of aliphatic hydroxyl groups is 1. The number of hydrogen-bond acceptors (Lipinski definition) is 4. The maximum atomic E-state index is 13.6. The van der Waals surface area contributed by atoms with Crippen LogP contribution in [0.2, 0.25) is 0 Å². The Bertz CT molecular complexity index is 543. The summed E-state index contributed by atoms with van der Waals surface area (Å²) >= 11 is 0. The second-order valence-corrected chi connectivity index (χ2v) is 6.11. The van der Waals surface area contributed by atoms with Crippen molar-refractivity contribution >= 4 is 11.6 Å². The summed E-state index contributed by atoms with van der Waals surface area (Å²) < 4.78 is 19.0. The molecule has 24 heavy (non-hydrogen) atoms. The van der Waals surface area contributed by atoms with Crippen molar-refractivity contribution in [1.82, 2.24) is 5.32 Å². The molecule has 2 N–H and O–H groups in total. The van der Waals surface area contributed by atoms with E-state index in [2.05, 4.69) is 5.32 Å². The summed E-state index contributed by atoms with van der Waals surface area (Å²) in [5.74, 6) is -0.657. The monoisotopic (exact) mass is 338 g/mol. The number of rotatable bonds is 7. The van der Waals surface area contributed by atoms with E-state index in [-0.39, 0.29) is 18.4 Å². The van der Waals surface area contributed by atoms with E-state index >= 15 is 0 Å². The maximum Gasteiger partial charge on any atom is 0.253 e. The molecule has 1 aliphatic rings. The van der Waals surface area contributed by atoms with Crippen LogP contribution in [0.4, 0.5) is 10.1 Å². The van der Waals surface area contributed by atoms with Gasteiger partial charge in [0.15, 0.2) is 0 Å². The fourth-order valence-electron chi connectivity index (χ4n) is 3.06. The molecule has 6 heteroatoms. The predicted octanol–water partition coefficient (Wildman–Crippen LogP) is 2.19. The molecular formula is C18H27FN2O3. The minimum Gasteiger partial charge on any atom is -0.391 e. The van der Waals surface area contributed by atoms with E-state index in [1.165, 1.54) is 12.1 Å². The largest absolute Gasteiger partial charge is 0.391 e. The van der Waals surface area contributed by atoms with Crippen LogP contribution < -0.4 is 10.2 Å². The summed E-state index contributed by atoms with van der Waals surface area (Å²) in [6.45, 7) is 6.72. The van der Waals surface area contributed by atoms with E-state index in [1.807, 2.05) is 18.7 Å². The first-order valence-electron chi connectivity index (χ1n) is 8.65. The lowest BCUT2D eigenvalue weighted by atomic mass is 9.96. The Morgan fingerprint density at radius 2 is 2.00 bits per heavy atom. The number of amides is 1. The maximum absolute atomic E-state index is 13.6. The van der Waals surface area contributed by atoms with Gasteiger partial charge < -0.3 is 20.1 Å². The second kappa shape index (κ2) is 8.99. The molecule has 2 rings (SSSR count). The number of anilines is 1. The quantitative estimate of drug-likeness (QED) is 0.800. The molecule has 1 aromatic rings. The number of halogens is 1. The molecule has 0 aromatic heterocycles. The van der Waals surface area contributed by atoms with Gasteiger partial charge in [-0.2, -0.15) is 0 Å². The van der Waals surface area contributed by atoms with E-state index in [0.29, 0.717) is 37.6 Å². The third-order valence-electron chi connectivity index (χ3n) is 4.62. The number of ether oxygens (including phenoxy) is 1. The Balaban J connectivity index is 2.09. The molecule has 0 bridgehead atoms. The molecule has 134 valence electrons. The van der Waals surface area contributed by atoms with Gasteiger partial charge in [-0.05, 0) is 24.1 Å². The molecule has 5 nitrogen and oxygen atoms in total. The molecule has 1 saturated heterocycles. The number of carbonyl (C=O) groups is 1. The number of nitrogens with one attached hydrogen (secondary N) is 1. The highest BCUT2D eigenvalue weighted by Gasteiger charge is 2.21. The van der Waals surface area contributed by atoms with Gasteiger partial charge >= 0.3 is 0 Å². The van der Waals surface area contributed by atoms with Crippen LogP contribution in [0.15, 0.2) is 18.2 Å². The summed E-state index contributed by atoms with van der Waals surface area (Å²) in [5, 5.41) is 12.9. The van der Waals surface area contributed by atoms with Crippen molar-refractivity contribution < 1.29 is 19.0 Å². The number of carbonyl (C=O) groups excluding carboxylic acids is 1. The topological polar surface area (TPSA) is 61.8 Å². The molecule has 0 unspecified atom stereocenters. The molecular weight excluding hydrogens is 311 g/mol. The van der Waals surface area contributed by atoms with Gasteiger partial charge in [-0.1, -0.05) is 26.7 Å². The average Bonchev–Trinajstić information content (AvgIpc) is 2.61. The third kappa shape index (κ3) is 4.68. The number of nitrogens with zero attached hydrogens (tertiary/aromatic N) is 1. The van der Waals surface area contributed by atoms with E-state index in [0.717, 1.165) is 12.8 Å². The van der Waals surface area contributed by atoms with Crippen molar-refractivity contribution in [2.45, 2.75) is 32.8 Å². The first-order chi connectivity index (χ1) is 11.6. The third-order valence-corrected chi connectivity index (χ3v) is 4.62. The summed E-state index contributed by atoms with van der Waals surface area (Å²) in [7, 11) is 0. The Hall–Kier alpha value is -1.66. The van der Waals surface area contributed by atoms with E-state index < -0.39 is 11.9 Å². The lowest BCUT2D eigenvalue weighted by Gasteiger charge is -2.30. The lowest BCUT2D eigenvalue weighted by Crippen LogP contribution is -2.39. The van der Waals surface area contributed by atoms with Crippen molar-refractivity contribution in [2.75, 3.05) is 37.7 Å².